The molecule has 6 rings (SSSR count). The SMILES string of the molecule is O=S(=O)(c1ccccc1)n1c(OBOc2cc3ccccc3n2S(=O)(=O)c2ccccc2)cc2ccccc21. The predicted molar refractivity (Wildman–Crippen MR) is 150 cm³/mol. The molecule has 0 amide bonds. The molecule has 8 nitrogen and oxygen atoms in total. The number of hydrogen-bond acceptors (Lipinski definition) is 6. The van der Waals surface area contributed by atoms with Crippen molar-refractivity contribution in [3.63, 3.8) is 0 Å². The average molecular weight is 556 g/mol. The van der Waals surface area contributed by atoms with Crippen LogP contribution in [-0.2, 0) is 20.0 Å². The molecule has 2 aromatic heterocycles. The van der Waals surface area contributed by atoms with Crippen molar-refractivity contribution in [3.05, 3.63) is 121 Å². The number of fused-ring (bicyclic) bond motifs is 2. The number of rotatable bonds is 8. The lowest BCUT2D eigenvalue weighted by Gasteiger charge is -2.14. The monoisotopic (exact) mass is 556 g/mol. The highest BCUT2D eigenvalue weighted by Crippen LogP contribution is 2.32. The molecule has 0 radical (unpaired) electrons. The zero-order valence-corrected chi connectivity index (χ0v) is 22.0. The third-order valence-electron chi connectivity index (χ3n) is 6.25. The van der Waals surface area contributed by atoms with Crippen molar-refractivity contribution < 1.29 is 26.1 Å². The Morgan fingerprint density at radius 1 is 0.487 bits per heavy atom. The molecule has 39 heavy (non-hydrogen) atoms. The van der Waals surface area contributed by atoms with E-state index in [-0.39, 0.29) is 21.6 Å². The number of nitrogens with zero attached hydrogens (tertiary/aromatic N) is 2. The van der Waals surface area contributed by atoms with Gasteiger partial charge in [0.25, 0.3) is 20.0 Å². The van der Waals surface area contributed by atoms with Crippen LogP contribution in [-0.4, -0.2) is 32.5 Å². The lowest BCUT2D eigenvalue weighted by molar-refractivity contribution is 0.434. The minimum atomic E-state index is -4.00. The summed E-state index contributed by atoms with van der Waals surface area (Å²) in [6.07, 6.45) is 0. The smallest absolute Gasteiger partial charge is 0.515 e. The maximum atomic E-state index is 13.6. The number of benzene rings is 4. The lowest BCUT2D eigenvalue weighted by Crippen LogP contribution is -2.20. The second kappa shape index (κ2) is 9.68. The number of para-hydroxylation sites is 2. The van der Waals surface area contributed by atoms with Crippen molar-refractivity contribution in [2.75, 3.05) is 0 Å². The summed E-state index contributed by atoms with van der Waals surface area (Å²) in [5.74, 6) is 0.0715. The largest absolute Gasteiger partial charge is 0.578 e. The van der Waals surface area contributed by atoms with Gasteiger partial charge in [0.05, 0.1) is 20.8 Å². The molecule has 11 heteroatoms. The van der Waals surface area contributed by atoms with E-state index in [1.165, 1.54) is 24.3 Å². The van der Waals surface area contributed by atoms with E-state index in [0.717, 1.165) is 7.94 Å². The lowest BCUT2D eigenvalue weighted by atomic mass is 10.2. The molecule has 0 saturated heterocycles. The van der Waals surface area contributed by atoms with Gasteiger partial charge in [0.15, 0.2) is 11.8 Å². The fraction of sp³-hybridized carbons (Fsp3) is 0. The van der Waals surface area contributed by atoms with Crippen molar-refractivity contribution in [1.82, 2.24) is 7.94 Å². The maximum absolute atomic E-state index is 13.6. The van der Waals surface area contributed by atoms with E-state index in [1.807, 2.05) is 0 Å². The second-order valence-electron chi connectivity index (χ2n) is 8.65. The van der Waals surface area contributed by atoms with Gasteiger partial charge in [-0.05, 0) is 36.4 Å². The average Bonchev–Trinajstić information content (AvgIpc) is 3.53. The molecule has 0 aliphatic heterocycles. The van der Waals surface area contributed by atoms with Crippen LogP contribution in [0.15, 0.2) is 131 Å². The van der Waals surface area contributed by atoms with Gasteiger partial charge in [-0.15, -0.1) is 0 Å². The minimum Gasteiger partial charge on any atom is -0.515 e. The van der Waals surface area contributed by atoms with Gasteiger partial charge in [-0.25, -0.2) is 24.8 Å². The van der Waals surface area contributed by atoms with E-state index in [2.05, 4.69) is 0 Å². The van der Waals surface area contributed by atoms with Crippen LogP contribution < -0.4 is 9.31 Å². The molecule has 0 bridgehead atoms. The van der Waals surface area contributed by atoms with Gasteiger partial charge in [-0.1, -0.05) is 72.8 Å². The molecule has 0 N–H and O–H groups in total. The Labute approximate surface area is 226 Å². The first-order valence-corrected chi connectivity index (χ1v) is 14.8. The van der Waals surface area contributed by atoms with Gasteiger partial charge in [0, 0.05) is 22.9 Å². The van der Waals surface area contributed by atoms with Crippen LogP contribution in [0.3, 0.4) is 0 Å². The molecule has 0 saturated carbocycles. The van der Waals surface area contributed by atoms with Crippen LogP contribution in [0.2, 0.25) is 0 Å². The van der Waals surface area contributed by atoms with Gasteiger partial charge in [0.2, 0.25) is 0 Å². The third kappa shape index (κ3) is 4.35. The normalized spacial score (nSPS) is 12.0. The highest BCUT2D eigenvalue weighted by atomic mass is 32.2. The molecule has 0 fully saturated rings. The Bertz CT molecular complexity index is 1870. The highest BCUT2D eigenvalue weighted by Gasteiger charge is 2.26. The second-order valence-corrected chi connectivity index (χ2v) is 12.2. The summed E-state index contributed by atoms with van der Waals surface area (Å²) < 4.78 is 68.3. The van der Waals surface area contributed by atoms with Gasteiger partial charge in [-0.2, -0.15) is 0 Å². The van der Waals surface area contributed by atoms with Crippen LogP contribution in [0, 0.1) is 0 Å². The molecular formula is C28H21BN2O6S2. The van der Waals surface area contributed by atoms with Gasteiger partial charge in [0.1, 0.15) is 0 Å². The fourth-order valence-corrected chi connectivity index (χ4v) is 7.41. The van der Waals surface area contributed by atoms with E-state index in [9.17, 15) is 16.8 Å². The summed E-state index contributed by atoms with van der Waals surface area (Å²) in [6, 6.07) is 33.3. The predicted octanol–water partition coefficient (Wildman–Crippen LogP) is 4.79. The summed E-state index contributed by atoms with van der Waals surface area (Å²) in [5, 5.41) is 1.32. The van der Waals surface area contributed by atoms with Crippen LogP contribution >= 0.6 is 0 Å². The third-order valence-corrected chi connectivity index (χ3v) is 9.70. The molecule has 4 aromatic carbocycles. The number of aromatic nitrogens is 2. The molecule has 0 aliphatic carbocycles. The quantitative estimate of drug-likeness (QED) is 0.250. The van der Waals surface area contributed by atoms with Crippen LogP contribution in [0.4, 0.5) is 0 Å². The Morgan fingerprint density at radius 3 is 1.26 bits per heavy atom. The molecule has 0 spiro atoms. The van der Waals surface area contributed by atoms with Crippen molar-refractivity contribution in [2.24, 2.45) is 0 Å². The summed E-state index contributed by atoms with van der Waals surface area (Å²) in [7, 11) is -8.44. The van der Waals surface area contributed by atoms with Gasteiger partial charge < -0.3 is 9.31 Å². The molecule has 0 unspecified atom stereocenters. The van der Waals surface area contributed by atoms with Gasteiger partial charge in [-0.3, -0.25) is 0 Å². The van der Waals surface area contributed by atoms with Crippen molar-refractivity contribution in [1.29, 1.82) is 0 Å². The van der Waals surface area contributed by atoms with Crippen molar-refractivity contribution in [3.8, 4) is 11.8 Å². The maximum Gasteiger partial charge on any atom is 0.578 e. The molecule has 2 heterocycles. The summed E-state index contributed by atoms with van der Waals surface area (Å²) in [4.78, 5) is 0.206. The number of hydrogen-bond donors (Lipinski definition) is 0. The van der Waals surface area contributed by atoms with Crippen LogP contribution in [0.1, 0.15) is 0 Å². The summed E-state index contributed by atoms with van der Waals surface area (Å²) in [6.45, 7) is 0. The Hall–Kier alpha value is -4.48. The van der Waals surface area contributed by atoms with E-state index >= 15 is 0 Å². The minimum absolute atomic E-state index is 0.0358. The highest BCUT2D eigenvalue weighted by molar-refractivity contribution is 7.90. The van der Waals surface area contributed by atoms with Crippen LogP contribution in [0.5, 0.6) is 11.8 Å². The van der Waals surface area contributed by atoms with Crippen molar-refractivity contribution in [2.45, 2.75) is 9.79 Å². The van der Waals surface area contributed by atoms with E-state index in [0.29, 0.717) is 21.8 Å². The fourth-order valence-electron chi connectivity index (χ4n) is 4.45. The standard InChI is InChI=1S/C28H21BN2O6S2/c32-38(33,23-13-3-1-4-14-23)30-25-17-9-7-11-21(25)19-27(30)36-29-37-28-20-22-12-8-10-18-26(22)31(28)39(34,35)24-15-5-2-6-16-24/h1-20,29H. The van der Waals surface area contributed by atoms with E-state index < -0.39 is 27.7 Å². The molecule has 6 aromatic rings. The first kappa shape index (κ1) is 24.8. The van der Waals surface area contributed by atoms with Crippen molar-refractivity contribution >= 4 is 49.5 Å². The molecular weight excluding hydrogens is 535 g/mol. The zero-order valence-electron chi connectivity index (χ0n) is 20.4. The van der Waals surface area contributed by atoms with Crippen LogP contribution in [0.25, 0.3) is 21.8 Å². The summed E-state index contributed by atoms with van der Waals surface area (Å²) in [5.41, 5.74) is 0.884. The van der Waals surface area contributed by atoms with E-state index in [4.69, 9.17) is 9.31 Å². The first-order valence-electron chi connectivity index (χ1n) is 12.0. The molecule has 194 valence electrons. The zero-order chi connectivity index (χ0) is 27.0. The summed E-state index contributed by atoms with van der Waals surface area (Å²) >= 11 is 0. The Morgan fingerprint density at radius 2 is 0.846 bits per heavy atom. The molecule has 0 atom stereocenters. The first-order chi connectivity index (χ1) is 18.9. The Balaban J connectivity index is 1.38. The van der Waals surface area contributed by atoms with E-state index in [1.54, 1.807) is 97.1 Å². The molecule has 0 aliphatic rings. The Kier molecular flexibility index (Phi) is 6.17. The topological polar surface area (TPSA) is 96.6 Å². The van der Waals surface area contributed by atoms with Gasteiger partial charge >= 0.3 is 7.69 Å².